The molecule has 3 nitrogen and oxygen atoms in total. The maximum Gasteiger partial charge on any atom is 0.418 e. The highest BCUT2D eigenvalue weighted by Crippen LogP contribution is 2.48. The van der Waals surface area contributed by atoms with Crippen molar-refractivity contribution in [2.45, 2.75) is 89.3 Å². The lowest BCUT2D eigenvalue weighted by Crippen LogP contribution is -2.13. The number of halogens is 3. The third-order valence-corrected chi connectivity index (χ3v) is 16.6. The van der Waals surface area contributed by atoms with Crippen molar-refractivity contribution < 1.29 is 13.2 Å². The van der Waals surface area contributed by atoms with Crippen molar-refractivity contribution >= 4 is 43.6 Å². The summed E-state index contributed by atoms with van der Waals surface area (Å²) >= 11 is 0. The molecule has 0 radical (unpaired) electrons. The van der Waals surface area contributed by atoms with Gasteiger partial charge in [-0.05, 0) is 250 Å². The average Bonchev–Trinajstić information content (AvgIpc) is 4.13. The molecule has 0 aliphatic carbocycles. The summed E-state index contributed by atoms with van der Waals surface area (Å²) in [6.07, 6.45) is -4.81. The van der Waals surface area contributed by atoms with E-state index >= 15 is 13.2 Å². The van der Waals surface area contributed by atoms with Gasteiger partial charge in [-0.15, -0.1) is 0 Å². The summed E-state index contributed by atoms with van der Waals surface area (Å²) < 4.78 is 54.2. The highest BCUT2D eigenvalue weighted by atomic mass is 19.4. The van der Waals surface area contributed by atoms with Gasteiger partial charge in [-0.1, -0.05) is 107 Å². The Morgan fingerprint density at radius 3 is 0.950 bits per heavy atom. The summed E-state index contributed by atoms with van der Waals surface area (Å²) in [5, 5.41) is 13.9. The van der Waals surface area contributed by atoms with Crippen LogP contribution in [0.25, 0.3) is 111 Å². The lowest BCUT2D eigenvalue weighted by molar-refractivity contribution is -0.137. The predicted molar refractivity (Wildman–Crippen MR) is 329 cm³/mol. The van der Waals surface area contributed by atoms with E-state index in [4.69, 9.17) is 0 Å². The summed E-state index contributed by atoms with van der Waals surface area (Å²) in [4.78, 5) is 0. The van der Waals surface area contributed by atoms with Gasteiger partial charge < -0.3 is 9.13 Å². The topological polar surface area (TPSA) is 33.6 Å². The first-order valence-electron chi connectivity index (χ1n) is 27.4. The molecular weight excluding hydrogens is 988 g/mol. The van der Waals surface area contributed by atoms with Crippen LogP contribution in [0.15, 0.2) is 158 Å². The third kappa shape index (κ3) is 8.59. The van der Waals surface area contributed by atoms with E-state index in [1.54, 1.807) is 18.2 Å². The molecule has 2 heterocycles. The SMILES string of the molecule is Cc1cc(C)c(-c2ccc3c(c2)c2cc(-c4c(C)cc(C)cc4C)ccc2n3-c2cc(C(F)(F)F)c(-n3c4ccc(-c5c(C)cc(C)cc5C)cc4c4cc(-c5c(C)cc(C)cc5C)ccc43)cc2-c2cccc(C#N)c2)c(C)c1. The highest BCUT2D eigenvalue weighted by Gasteiger charge is 2.37. The van der Waals surface area contributed by atoms with Gasteiger partial charge in [0.1, 0.15) is 0 Å². The molecule has 0 aliphatic heterocycles. The van der Waals surface area contributed by atoms with E-state index in [2.05, 4.69) is 198 Å². The second-order valence-electron chi connectivity index (χ2n) is 22.8. The van der Waals surface area contributed by atoms with Crippen LogP contribution in [0.1, 0.15) is 77.9 Å². The Morgan fingerprint density at radius 1 is 0.338 bits per heavy atom. The van der Waals surface area contributed by atoms with Gasteiger partial charge in [-0.25, -0.2) is 0 Å². The minimum Gasteiger partial charge on any atom is -0.309 e. The van der Waals surface area contributed by atoms with E-state index in [1.807, 2.05) is 33.4 Å². The quantitative estimate of drug-likeness (QED) is 0.157. The van der Waals surface area contributed by atoms with Crippen LogP contribution in [-0.4, -0.2) is 9.13 Å². The minimum atomic E-state index is -4.81. The number of aryl methyl sites for hydroxylation is 12. The Balaban J connectivity index is 1.20. The van der Waals surface area contributed by atoms with E-state index < -0.39 is 11.7 Å². The van der Waals surface area contributed by atoms with Crippen LogP contribution in [-0.2, 0) is 6.18 Å². The van der Waals surface area contributed by atoms with Crippen molar-refractivity contribution in [2.24, 2.45) is 0 Å². The molecule has 394 valence electrons. The van der Waals surface area contributed by atoms with Crippen molar-refractivity contribution in [1.82, 2.24) is 9.13 Å². The summed E-state index contributed by atoms with van der Waals surface area (Å²) in [6.45, 7) is 25.4. The van der Waals surface area contributed by atoms with Crippen LogP contribution < -0.4 is 0 Å². The molecule has 0 spiro atoms. The molecule has 0 N–H and O–H groups in total. The third-order valence-electron chi connectivity index (χ3n) is 16.6. The van der Waals surface area contributed by atoms with Crippen LogP contribution >= 0.6 is 0 Å². The maximum atomic E-state index is 16.8. The molecule has 10 aromatic carbocycles. The molecule has 12 aromatic rings. The molecule has 0 saturated carbocycles. The Kier molecular flexibility index (Phi) is 12.4. The number of alkyl halides is 3. The first-order valence-corrected chi connectivity index (χ1v) is 27.4. The molecule has 0 saturated heterocycles. The number of nitrogens with zero attached hydrogens (tertiary/aromatic N) is 3. The second-order valence-corrected chi connectivity index (χ2v) is 22.8. The van der Waals surface area contributed by atoms with E-state index in [9.17, 15) is 5.26 Å². The van der Waals surface area contributed by atoms with E-state index in [1.165, 1.54) is 28.3 Å². The van der Waals surface area contributed by atoms with Crippen LogP contribution in [0.5, 0.6) is 0 Å². The number of hydrogen-bond acceptors (Lipinski definition) is 1. The average molecular weight is 1050 g/mol. The number of rotatable bonds is 7. The molecule has 0 atom stereocenters. The second kappa shape index (κ2) is 19.2. The fraction of sp³-hybridized carbons (Fsp3) is 0.176. The molecule has 2 aromatic heterocycles. The number of hydrogen-bond donors (Lipinski definition) is 0. The number of benzene rings is 10. The largest absolute Gasteiger partial charge is 0.418 e. The number of nitriles is 1. The molecule has 0 bridgehead atoms. The molecule has 0 unspecified atom stereocenters. The molecule has 6 heteroatoms. The number of aromatic nitrogens is 2. The van der Waals surface area contributed by atoms with Crippen molar-refractivity contribution in [3.63, 3.8) is 0 Å². The Hall–Kier alpha value is -8.92. The monoisotopic (exact) mass is 1050 g/mol. The molecule has 80 heavy (non-hydrogen) atoms. The zero-order valence-electron chi connectivity index (χ0n) is 47.5. The Morgan fingerprint density at radius 2 is 0.650 bits per heavy atom. The zero-order chi connectivity index (χ0) is 56.4. The standard InChI is InChI=1S/C74H62F3N3/c1-40-24-44(5)70(45(6)25-40)54-16-20-64-59(33-54)60-34-55(71-46(7)26-41(2)27-47(71)8)17-21-65(60)79(64)68-38-63(74(75,76)77)69(37-58(68)53-15-13-14-52(32-53)39-78)80-66-22-18-56(72-48(9)28-42(3)29-49(72)10)35-61(66)62-36-57(19-23-67(62)80)73-50(11)30-43(4)31-51(73)12/h13-38H,1-12H3. The lowest BCUT2D eigenvalue weighted by atomic mass is 9.91. The predicted octanol–water partition coefficient (Wildman–Crippen LogP) is 20.8. The van der Waals surface area contributed by atoms with E-state index in [-0.39, 0.29) is 5.69 Å². The van der Waals surface area contributed by atoms with Gasteiger partial charge in [0.2, 0.25) is 0 Å². The Bertz CT molecular complexity index is 4340. The summed E-state index contributed by atoms with van der Waals surface area (Å²) in [5.74, 6) is 0. The first kappa shape index (κ1) is 51.8. The van der Waals surface area contributed by atoms with Crippen molar-refractivity contribution in [1.29, 1.82) is 5.26 Å². The fourth-order valence-corrected chi connectivity index (χ4v) is 13.9. The van der Waals surface area contributed by atoms with Gasteiger partial charge in [0.25, 0.3) is 0 Å². The first-order chi connectivity index (χ1) is 38.2. The zero-order valence-corrected chi connectivity index (χ0v) is 47.5. The van der Waals surface area contributed by atoms with Crippen LogP contribution in [0, 0.1) is 94.4 Å². The van der Waals surface area contributed by atoms with Crippen molar-refractivity contribution in [2.75, 3.05) is 0 Å². The smallest absolute Gasteiger partial charge is 0.309 e. The molecular formula is C74H62F3N3. The molecule has 0 amide bonds. The van der Waals surface area contributed by atoms with Gasteiger partial charge in [0, 0.05) is 27.1 Å². The van der Waals surface area contributed by atoms with Crippen LogP contribution in [0.2, 0.25) is 0 Å². The van der Waals surface area contributed by atoms with Gasteiger partial charge in [0.05, 0.1) is 50.6 Å². The van der Waals surface area contributed by atoms with Gasteiger partial charge >= 0.3 is 6.18 Å². The molecule has 12 rings (SSSR count). The van der Waals surface area contributed by atoms with E-state index in [0.29, 0.717) is 33.4 Å². The van der Waals surface area contributed by atoms with Crippen LogP contribution in [0.4, 0.5) is 13.2 Å². The minimum absolute atomic E-state index is 0.00881. The van der Waals surface area contributed by atoms with Gasteiger partial charge in [0.15, 0.2) is 0 Å². The lowest BCUT2D eigenvalue weighted by Gasteiger charge is -2.22. The fourth-order valence-electron chi connectivity index (χ4n) is 13.9. The van der Waals surface area contributed by atoms with Crippen LogP contribution in [0.3, 0.4) is 0 Å². The molecule has 0 aliphatic rings. The summed E-state index contributed by atoms with van der Waals surface area (Å²) in [5.41, 5.74) is 26.4. The van der Waals surface area contributed by atoms with Gasteiger partial charge in [-0.3, -0.25) is 0 Å². The number of fused-ring (bicyclic) bond motifs is 6. The van der Waals surface area contributed by atoms with E-state index in [0.717, 1.165) is 122 Å². The summed E-state index contributed by atoms with van der Waals surface area (Å²) in [7, 11) is 0. The highest BCUT2D eigenvalue weighted by molar-refractivity contribution is 6.14. The van der Waals surface area contributed by atoms with Crippen molar-refractivity contribution in [3.8, 4) is 73.1 Å². The molecule has 0 fully saturated rings. The normalized spacial score (nSPS) is 11.9. The van der Waals surface area contributed by atoms with Crippen molar-refractivity contribution in [3.05, 3.63) is 236 Å². The maximum absolute atomic E-state index is 16.8. The summed E-state index contributed by atoms with van der Waals surface area (Å²) in [6, 6.07) is 55.3. The Labute approximate surface area is 466 Å². The van der Waals surface area contributed by atoms with Gasteiger partial charge in [-0.2, -0.15) is 18.4 Å².